The van der Waals surface area contributed by atoms with Crippen molar-refractivity contribution in [3.05, 3.63) is 95.1 Å². The Morgan fingerprint density at radius 2 is 1.82 bits per heavy atom. The Morgan fingerprint density at radius 1 is 1.03 bits per heavy atom. The van der Waals surface area contributed by atoms with Crippen LogP contribution in [0.1, 0.15) is 39.4 Å². The summed E-state index contributed by atoms with van der Waals surface area (Å²) < 4.78 is 28.6. The number of amides is 1. The van der Waals surface area contributed by atoms with Crippen LogP contribution in [-0.2, 0) is 16.6 Å². The summed E-state index contributed by atoms with van der Waals surface area (Å²) in [7, 11) is -1.64. The molecule has 34 heavy (non-hydrogen) atoms. The number of hydrogen-bond donors (Lipinski definition) is 1. The molecule has 0 bridgehead atoms. The van der Waals surface area contributed by atoms with E-state index in [9.17, 15) is 13.2 Å². The summed E-state index contributed by atoms with van der Waals surface area (Å²) in [5.74, 6) is 0.110. The predicted molar refractivity (Wildman–Crippen MR) is 134 cm³/mol. The van der Waals surface area contributed by atoms with Gasteiger partial charge in [-0.1, -0.05) is 54.1 Å². The quantitative estimate of drug-likeness (QED) is 0.607. The molecule has 0 spiro atoms. The first-order valence-corrected chi connectivity index (χ1v) is 13.1. The highest BCUT2D eigenvalue weighted by Gasteiger charge is 2.44. The van der Waals surface area contributed by atoms with Gasteiger partial charge < -0.3 is 9.80 Å². The third kappa shape index (κ3) is 4.27. The Labute approximate surface area is 201 Å². The molecular formula is C27H29N3O3S. The third-order valence-corrected chi connectivity index (χ3v) is 8.27. The Kier molecular flexibility index (Phi) is 6.02. The van der Waals surface area contributed by atoms with E-state index in [4.69, 9.17) is 0 Å². The zero-order chi connectivity index (χ0) is 23.9. The van der Waals surface area contributed by atoms with Gasteiger partial charge in [-0.15, -0.1) is 0 Å². The van der Waals surface area contributed by atoms with Gasteiger partial charge in [-0.05, 0) is 62.3 Å². The van der Waals surface area contributed by atoms with Crippen molar-refractivity contribution in [3.63, 3.8) is 0 Å². The fourth-order valence-corrected chi connectivity index (χ4v) is 6.20. The van der Waals surface area contributed by atoms with Crippen molar-refractivity contribution >= 4 is 21.6 Å². The molecule has 0 unspecified atom stereocenters. The summed E-state index contributed by atoms with van der Waals surface area (Å²) >= 11 is 0. The second-order valence-electron chi connectivity index (χ2n) is 9.30. The van der Waals surface area contributed by atoms with Gasteiger partial charge in [-0.2, -0.15) is 0 Å². The maximum Gasteiger partial charge on any atom is 0.258 e. The van der Waals surface area contributed by atoms with Gasteiger partial charge in [0.2, 0.25) is 10.0 Å². The van der Waals surface area contributed by atoms with Crippen LogP contribution in [0.5, 0.6) is 0 Å². The van der Waals surface area contributed by atoms with Gasteiger partial charge in [0, 0.05) is 36.3 Å². The molecule has 3 aromatic carbocycles. The van der Waals surface area contributed by atoms with Crippen LogP contribution in [0.2, 0.25) is 0 Å². The van der Waals surface area contributed by atoms with E-state index in [0.717, 1.165) is 30.8 Å². The van der Waals surface area contributed by atoms with Crippen molar-refractivity contribution in [2.75, 3.05) is 25.0 Å². The summed E-state index contributed by atoms with van der Waals surface area (Å²) in [5.41, 5.74) is 4.58. The Hall–Kier alpha value is -3.00. The summed E-state index contributed by atoms with van der Waals surface area (Å²) in [5, 5.41) is 0. The number of anilines is 1. The number of carbonyl (C=O) groups is 1. The van der Waals surface area contributed by atoms with Crippen LogP contribution < -0.4 is 9.62 Å². The number of nitrogens with one attached hydrogen (secondary N) is 1. The molecule has 1 amide bonds. The van der Waals surface area contributed by atoms with Gasteiger partial charge in [0.05, 0.1) is 4.90 Å². The van der Waals surface area contributed by atoms with Crippen molar-refractivity contribution in [3.8, 4) is 0 Å². The molecule has 176 valence electrons. The maximum absolute atomic E-state index is 13.8. The van der Waals surface area contributed by atoms with Gasteiger partial charge in [0.15, 0.2) is 0 Å². The summed E-state index contributed by atoms with van der Waals surface area (Å²) in [6.45, 7) is 4.10. The Bertz CT molecular complexity index is 1320. The van der Waals surface area contributed by atoms with Crippen LogP contribution in [0.4, 0.5) is 5.69 Å². The first-order valence-electron chi connectivity index (χ1n) is 11.6. The molecule has 0 aromatic heterocycles. The first-order chi connectivity index (χ1) is 16.3. The van der Waals surface area contributed by atoms with Gasteiger partial charge in [0.1, 0.15) is 0 Å². The van der Waals surface area contributed by atoms with Gasteiger partial charge in [-0.3, -0.25) is 4.79 Å². The summed E-state index contributed by atoms with van der Waals surface area (Å²) in [6, 6.07) is 22.1. The van der Waals surface area contributed by atoms with Gasteiger partial charge >= 0.3 is 0 Å². The third-order valence-electron chi connectivity index (χ3n) is 6.87. The summed E-state index contributed by atoms with van der Waals surface area (Å²) in [6.07, 6.45) is 0.886. The molecule has 1 fully saturated rings. The van der Waals surface area contributed by atoms with Crippen LogP contribution >= 0.6 is 0 Å². The lowest BCUT2D eigenvalue weighted by Crippen LogP contribution is -2.47. The highest BCUT2D eigenvalue weighted by molar-refractivity contribution is 7.89. The second-order valence-corrected chi connectivity index (χ2v) is 11.1. The number of benzene rings is 3. The van der Waals surface area contributed by atoms with Crippen LogP contribution in [-0.4, -0.2) is 45.4 Å². The van der Waals surface area contributed by atoms with Crippen LogP contribution in [0.15, 0.2) is 77.7 Å². The number of nitrogens with zero attached hydrogens (tertiary/aromatic N) is 2. The van der Waals surface area contributed by atoms with Crippen molar-refractivity contribution in [2.24, 2.45) is 0 Å². The highest BCUT2D eigenvalue weighted by Crippen LogP contribution is 2.45. The SMILES string of the molecule is Cc1ccc2c(c1)[C@H]1CN(C)CC[C@@H]1N2C(=O)c1cccc(S(=O)(=O)NCc2ccccc2)c1. The molecule has 7 heteroatoms. The Balaban J connectivity index is 1.44. The van der Waals surface area contributed by atoms with E-state index in [0.29, 0.717) is 5.56 Å². The molecule has 5 rings (SSSR count). The topological polar surface area (TPSA) is 69.7 Å². The van der Waals surface area contributed by atoms with E-state index in [1.54, 1.807) is 12.1 Å². The van der Waals surface area contributed by atoms with E-state index in [-0.39, 0.29) is 29.3 Å². The predicted octanol–water partition coefficient (Wildman–Crippen LogP) is 3.92. The molecule has 6 nitrogen and oxygen atoms in total. The fraction of sp³-hybridized carbons (Fsp3) is 0.296. The number of aryl methyl sites for hydroxylation is 1. The maximum atomic E-state index is 13.8. The second kappa shape index (κ2) is 8.98. The molecule has 2 atom stereocenters. The molecule has 1 N–H and O–H groups in total. The van der Waals surface area contributed by atoms with Crippen LogP contribution in [0.25, 0.3) is 0 Å². The minimum Gasteiger partial charge on any atom is -0.306 e. The number of rotatable bonds is 5. The van der Waals surface area contributed by atoms with Crippen LogP contribution in [0, 0.1) is 6.92 Å². The normalized spacial score (nSPS) is 20.1. The molecule has 0 saturated carbocycles. The van der Waals surface area contributed by atoms with E-state index >= 15 is 0 Å². The zero-order valence-electron chi connectivity index (χ0n) is 19.4. The van der Waals surface area contributed by atoms with Gasteiger partial charge in [0.25, 0.3) is 5.91 Å². The Morgan fingerprint density at radius 3 is 2.62 bits per heavy atom. The number of sulfonamides is 1. The summed E-state index contributed by atoms with van der Waals surface area (Å²) in [4.78, 5) is 18.1. The monoisotopic (exact) mass is 475 g/mol. The molecule has 1 saturated heterocycles. The van der Waals surface area contributed by atoms with E-state index in [1.165, 1.54) is 23.3 Å². The minimum atomic E-state index is -3.76. The zero-order valence-corrected chi connectivity index (χ0v) is 20.3. The fourth-order valence-electron chi connectivity index (χ4n) is 5.14. The van der Waals surface area contributed by atoms with Crippen molar-refractivity contribution < 1.29 is 13.2 Å². The molecule has 2 aliphatic rings. The van der Waals surface area contributed by atoms with Crippen molar-refractivity contribution in [1.82, 2.24) is 9.62 Å². The lowest BCUT2D eigenvalue weighted by atomic mass is 9.88. The van der Waals surface area contributed by atoms with E-state index < -0.39 is 10.0 Å². The van der Waals surface area contributed by atoms with Gasteiger partial charge in [-0.25, -0.2) is 13.1 Å². The molecular weight excluding hydrogens is 446 g/mol. The molecule has 3 aromatic rings. The largest absolute Gasteiger partial charge is 0.306 e. The standard InChI is InChI=1S/C27H29N3O3S/c1-19-11-12-25-23(15-19)24-18-29(2)14-13-26(24)30(25)27(31)21-9-6-10-22(16-21)34(32,33)28-17-20-7-4-3-5-8-20/h3-12,15-16,24,26,28H,13-14,17-18H2,1-2H3/t24-,26+/m1/s1. The number of carbonyl (C=O) groups excluding carboxylic acids is 1. The molecule has 0 aliphatic carbocycles. The molecule has 0 radical (unpaired) electrons. The van der Waals surface area contributed by atoms with Crippen molar-refractivity contribution in [1.29, 1.82) is 0 Å². The highest BCUT2D eigenvalue weighted by atomic mass is 32.2. The first kappa shape index (κ1) is 22.8. The van der Waals surface area contributed by atoms with Crippen molar-refractivity contribution in [2.45, 2.75) is 36.7 Å². The average Bonchev–Trinajstić information content (AvgIpc) is 3.16. The number of hydrogen-bond acceptors (Lipinski definition) is 4. The molecule has 2 heterocycles. The van der Waals surface area contributed by atoms with E-state index in [1.807, 2.05) is 47.4 Å². The number of piperidine rings is 1. The lowest BCUT2D eigenvalue weighted by Gasteiger charge is -2.36. The average molecular weight is 476 g/mol. The number of fused-ring (bicyclic) bond motifs is 3. The minimum absolute atomic E-state index is 0.0805. The van der Waals surface area contributed by atoms with Crippen LogP contribution in [0.3, 0.4) is 0 Å². The van der Waals surface area contributed by atoms with E-state index in [2.05, 4.69) is 29.7 Å². The molecule has 2 aliphatic heterocycles. The number of likely N-dealkylation sites (tertiary alicyclic amines) is 1. The smallest absolute Gasteiger partial charge is 0.258 e. The lowest BCUT2D eigenvalue weighted by molar-refractivity contribution is 0.0964. The number of likely N-dealkylation sites (N-methyl/N-ethyl adjacent to an activating group) is 1.